The van der Waals surface area contributed by atoms with Gasteiger partial charge in [-0.15, -0.1) is 11.3 Å². The summed E-state index contributed by atoms with van der Waals surface area (Å²) in [7, 11) is 0. The van der Waals surface area contributed by atoms with E-state index < -0.39 is 17.8 Å². The van der Waals surface area contributed by atoms with Crippen LogP contribution in [-0.4, -0.2) is 10.6 Å². The number of carbonyl (C=O) groups excluding carboxylic acids is 1. The number of carbonyl (C=O) groups is 1. The van der Waals surface area contributed by atoms with Gasteiger partial charge >= 0.3 is 12.2 Å². The number of anilines is 1. The van der Waals surface area contributed by atoms with Gasteiger partial charge in [-0.25, -0.2) is 4.79 Å². The molecule has 0 atom stereocenters. The molecule has 140 valence electrons. The molecule has 0 radical (unpaired) electrons. The fraction of sp³-hybridized carbons (Fsp3) is 0.158. The third-order valence-corrected chi connectivity index (χ3v) is 4.61. The highest BCUT2D eigenvalue weighted by atomic mass is 32.1. The first-order valence-corrected chi connectivity index (χ1v) is 8.83. The van der Waals surface area contributed by atoms with Crippen molar-refractivity contribution in [2.45, 2.75) is 20.0 Å². The molecule has 0 bridgehead atoms. The van der Waals surface area contributed by atoms with Crippen molar-refractivity contribution in [2.24, 2.45) is 4.99 Å². The number of aromatic nitrogens is 1. The molecule has 3 rings (SSSR count). The molecular formula is C19H16F3N3OS. The lowest BCUT2D eigenvalue weighted by molar-refractivity contribution is -0.137. The number of benzene rings is 2. The zero-order chi connectivity index (χ0) is 19.6. The van der Waals surface area contributed by atoms with Gasteiger partial charge in [0.05, 0.1) is 5.56 Å². The summed E-state index contributed by atoms with van der Waals surface area (Å²) in [6, 6.07) is 11.5. The van der Waals surface area contributed by atoms with E-state index in [1.807, 2.05) is 32.0 Å². The van der Waals surface area contributed by atoms with Crippen LogP contribution in [0.3, 0.4) is 0 Å². The summed E-state index contributed by atoms with van der Waals surface area (Å²) in [5, 5.41) is 2.69. The van der Waals surface area contributed by atoms with Crippen molar-refractivity contribution in [2.75, 3.05) is 5.32 Å². The van der Waals surface area contributed by atoms with Gasteiger partial charge in [-0.05, 0) is 55.8 Å². The van der Waals surface area contributed by atoms with E-state index in [9.17, 15) is 18.0 Å². The topological polar surface area (TPSA) is 46.4 Å². The lowest BCUT2D eigenvalue weighted by Crippen LogP contribution is -2.17. The summed E-state index contributed by atoms with van der Waals surface area (Å²) in [6.07, 6.45) is -2.67. The SMILES string of the molecule is Cc1cccc(NC(=O)/N=c2\sc(C)cn2-c2ccc(C(F)(F)F)cc2)c1. The van der Waals surface area contributed by atoms with E-state index in [4.69, 9.17) is 0 Å². The van der Waals surface area contributed by atoms with Crippen molar-refractivity contribution in [3.8, 4) is 5.69 Å². The molecule has 27 heavy (non-hydrogen) atoms. The summed E-state index contributed by atoms with van der Waals surface area (Å²) in [6.45, 7) is 3.75. The second kappa shape index (κ2) is 7.40. The first-order chi connectivity index (χ1) is 12.7. The second-order valence-electron chi connectivity index (χ2n) is 5.95. The molecule has 4 nitrogen and oxygen atoms in total. The highest BCUT2D eigenvalue weighted by molar-refractivity contribution is 7.09. The number of aryl methyl sites for hydroxylation is 2. The van der Waals surface area contributed by atoms with Crippen LogP contribution in [0.2, 0.25) is 0 Å². The standard InChI is InChI=1S/C19H16F3N3OS/c1-12-4-3-5-15(10-12)23-17(26)24-18-25(11-13(2)27-18)16-8-6-14(7-9-16)19(20,21)22/h3-11H,1-2H3,(H,23,26)/b24-18-. The lowest BCUT2D eigenvalue weighted by Gasteiger charge is -2.08. The van der Waals surface area contributed by atoms with Crippen LogP contribution < -0.4 is 10.1 Å². The quantitative estimate of drug-likeness (QED) is 0.632. The minimum absolute atomic E-state index is 0.373. The largest absolute Gasteiger partial charge is 0.416 e. The number of thiazole rings is 1. The fourth-order valence-corrected chi connectivity index (χ4v) is 3.32. The lowest BCUT2D eigenvalue weighted by atomic mass is 10.2. The van der Waals surface area contributed by atoms with Gasteiger partial charge in [0.2, 0.25) is 0 Å². The fourth-order valence-electron chi connectivity index (χ4n) is 2.49. The van der Waals surface area contributed by atoms with E-state index in [-0.39, 0.29) is 0 Å². The zero-order valence-electron chi connectivity index (χ0n) is 14.5. The van der Waals surface area contributed by atoms with E-state index in [0.717, 1.165) is 22.6 Å². The number of halogens is 3. The summed E-state index contributed by atoms with van der Waals surface area (Å²) in [5.41, 5.74) is 1.39. The van der Waals surface area contributed by atoms with Gasteiger partial charge in [0.1, 0.15) is 0 Å². The number of urea groups is 1. The Bertz CT molecular complexity index is 1030. The molecule has 0 spiro atoms. The molecule has 0 unspecified atom stereocenters. The summed E-state index contributed by atoms with van der Waals surface area (Å²) in [5.74, 6) is 0. The zero-order valence-corrected chi connectivity index (χ0v) is 15.4. The maximum absolute atomic E-state index is 12.7. The molecule has 0 aliphatic carbocycles. The van der Waals surface area contributed by atoms with E-state index >= 15 is 0 Å². The van der Waals surface area contributed by atoms with Gasteiger partial charge in [0.15, 0.2) is 4.80 Å². The Labute approximate surface area is 157 Å². The van der Waals surface area contributed by atoms with Crippen molar-refractivity contribution in [3.63, 3.8) is 0 Å². The molecule has 1 aromatic heterocycles. The third kappa shape index (κ3) is 4.65. The van der Waals surface area contributed by atoms with Crippen LogP contribution in [0.4, 0.5) is 23.7 Å². The average Bonchev–Trinajstić information content (AvgIpc) is 2.94. The van der Waals surface area contributed by atoms with Crippen LogP contribution in [0.15, 0.2) is 59.7 Å². The van der Waals surface area contributed by atoms with Gasteiger partial charge in [0, 0.05) is 22.4 Å². The number of nitrogens with one attached hydrogen (secondary N) is 1. The number of amides is 2. The van der Waals surface area contributed by atoms with Gasteiger partial charge in [0.25, 0.3) is 0 Å². The molecule has 0 aliphatic heterocycles. The normalized spacial score (nSPS) is 12.3. The number of alkyl halides is 3. The van der Waals surface area contributed by atoms with Crippen molar-refractivity contribution in [1.29, 1.82) is 0 Å². The Morgan fingerprint density at radius 2 is 1.81 bits per heavy atom. The molecule has 8 heteroatoms. The molecule has 0 saturated heterocycles. The van der Waals surface area contributed by atoms with Gasteiger partial charge in [-0.3, -0.25) is 4.57 Å². The van der Waals surface area contributed by atoms with E-state index in [1.165, 1.54) is 23.5 Å². The van der Waals surface area contributed by atoms with E-state index in [1.54, 1.807) is 16.8 Å². The Morgan fingerprint density at radius 3 is 2.44 bits per heavy atom. The Hall–Kier alpha value is -2.87. The van der Waals surface area contributed by atoms with Crippen LogP contribution in [0.5, 0.6) is 0 Å². The van der Waals surface area contributed by atoms with E-state index in [0.29, 0.717) is 16.2 Å². The van der Waals surface area contributed by atoms with Crippen molar-refractivity contribution < 1.29 is 18.0 Å². The van der Waals surface area contributed by atoms with Crippen LogP contribution in [-0.2, 0) is 6.18 Å². The van der Waals surface area contributed by atoms with Crippen LogP contribution in [0.25, 0.3) is 5.69 Å². The number of nitrogens with zero attached hydrogens (tertiary/aromatic N) is 2. The molecule has 0 fully saturated rings. The Balaban J connectivity index is 1.91. The summed E-state index contributed by atoms with van der Waals surface area (Å²) < 4.78 is 39.8. The Morgan fingerprint density at radius 1 is 1.11 bits per heavy atom. The second-order valence-corrected chi connectivity index (χ2v) is 7.16. The number of hydrogen-bond donors (Lipinski definition) is 1. The Kier molecular flexibility index (Phi) is 5.18. The predicted octanol–water partition coefficient (Wildman–Crippen LogP) is 5.31. The van der Waals surface area contributed by atoms with Crippen molar-refractivity contribution in [1.82, 2.24) is 4.57 Å². The number of rotatable bonds is 2. The molecule has 1 heterocycles. The first-order valence-electron chi connectivity index (χ1n) is 8.01. The van der Waals surface area contributed by atoms with Crippen molar-refractivity contribution in [3.05, 3.63) is 75.5 Å². The minimum Gasteiger partial charge on any atom is -0.306 e. The molecular weight excluding hydrogens is 375 g/mol. The molecule has 1 N–H and O–H groups in total. The average molecular weight is 391 g/mol. The summed E-state index contributed by atoms with van der Waals surface area (Å²) in [4.78, 5) is 17.5. The third-order valence-electron chi connectivity index (χ3n) is 3.71. The first kappa shape index (κ1) is 18.9. The van der Waals surface area contributed by atoms with Gasteiger partial charge in [-0.1, -0.05) is 12.1 Å². The van der Waals surface area contributed by atoms with Crippen molar-refractivity contribution >= 4 is 23.1 Å². The highest BCUT2D eigenvalue weighted by Crippen LogP contribution is 2.29. The van der Waals surface area contributed by atoms with E-state index in [2.05, 4.69) is 10.3 Å². The monoisotopic (exact) mass is 391 g/mol. The highest BCUT2D eigenvalue weighted by Gasteiger charge is 2.30. The number of hydrogen-bond acceptors (Lipinski definition) is 2. The van der Waals surface area contributed by atoms with Crippen LogP contribution in [0, 0.1) is 13.8 Å². The minimum atomic E-state index is -4.39. The maximum atomic E-state index is 12.7. The van der Waals surface area contributed by atoms with Gasteiger partial charge in [-0.2, -0.15) is 18.2 Å². The molecule has 3 aromatic rings. The molecule has 2 amide bonds. The van der Waals surface area contributed by atoms with Crippen LogP contribution >= 0.6 is 11.3 Å². The van der Waals surface area contributed by atoms with Gasteiger partial charge < -0.3 is 5.32 Å². The summed E-state index contributed by atoms with van der Waals surface area (Å²) >= 11 is 1.27. The predicted molar refractivity (Wildman–Crippen MR) is 99.1 cm³/mol. The smallest absolute Gasteiger partial charge is 0.306 e. The van der Waals surface area contributed by atoms with Crippen LogP contribution in [0.1, 0.15) is 16.0 Å². The molecule has 0 saturated carbocycles. The molecule has 0 aliphatic rings. The molecule has 2 aromatic carbocycles. The maximum Gasteiger partial charge on any atom is 0.416 e.